The highest BCUT2D eigenvalue weighted by molar-refractivity contribution is 7.16. The maximum atomic E-state index is 12.7. The number of hydrogen-bond acceptors (Lipinski definition) is 4. The van der Waals surface area contributed by atoms with Gasteiger partial charge in [0.2, 0.25) is 0 Å². The van der Waals surface area contributed by atoms with E-state index in [-0.39, 0.29) is 5.91 Å². The molecule has 134 valence electrons. The van der Waals surface area contributed by atoms with E-state index in [2.05, 4.69) is 5.32 Å². The number of hydrogen-bond donors (Lipinski definition) is 2. The van der Waals surface area contributed by atoms with Gasteiger partial charge in [-0.1, -0.05) is 37.3 Å². The summed E-state index contributed by atoms with van der Waals surface area (Å²) >= 11 is 2.96. The molecule has 0 radical (unpaired) electrons. The lowest BCUT2D eigenvalue weighted by molar-refractivity contribution is 0.100. The van der Waals surface area contributed by atoms with E-state index in [1.54, 1.807) is 17.4 Å². The average molecular weight is 385 g/mol. The average Bonchev–Trinajstić information content (AvgIpc) is 3.19. The summed E-state index contributed by atoms with van der Waals surface area (Å²) in [6.45, 7) is 4.04. The molecule has 0 saturated carbocycles. The second-order valence-electron chi connectivity index (χ2n) is 5.97. The van der Waals surface area contributed by atoms with Gasteiger partial charge < -0.3 is 11.1 Å². The lowest BCUT2D eigenvalue weighted by Gasteiger charge is -2.05. The first kappa shape index (κ1) is 18.4. The van der Waals surface area contributed by atoms with Crippen LogP contribution >= 0.6 is 22.7 Å². The van der Waals surface area contributed by atoms with Crippen LogP contribution in [0.15, 0.2) is 41.8 Å². The van der Waals surface area contributed by atoms with E-state index in [0.717, 1.165) is 27.3 Å². The Hall–Kier alpha value is -2.44. The fourth-order valence-electron chi connectivity index (χ4n) is 2.88. The highest BCUT2D eigenvalue weighted by Crippen LogP contribution is 2.31. The van der Waals surface area contributed by atoms with E-state index in [0.29, 0.717) is 22.5 Å². The highest BCUT2D eigenvalue weighted by Gasteiger charge is 2.19. The van der Waals surface area contributed by atoms with Crippen molar-refractivity contribution in [1.29, 1.82) is 0 Å². The van der Waals surface area contributed by atoms with E-state index in [4.69, 9.17) is 5.73 Å². The van der Waals surface area contributed by atoms with Crippen LogP contribution in [-0.4, -0.2) is 11.8 Å². The molecule has 0 spiro atoms. The number of anilines is 1. The van der Waals surface area contributed by atoms with E-state index in [9.17, 15) is 9.59 Å². The summed E-state index contributed by atoms with van der Waals surface area (Å²) in [4.78, 5) is 26.6. The van der Waals surface area contributed by atoms with Gasteiger partial charge in [-0.3, -0.25) is 9.59 Å². The Morgan fingerprint density at radius 3 is 2.54 bits per heavy atom. The summed E-state index contributed by atoms with van der Waals surface area (Å²) in [5.41, 5.74) is 8.74. The number of nitrogens with two attached hydrogens (primary N) is 1. The SMILES string of the molecule is CCc1c(C(=O)Nc2sc(Cc3ccccc3)cc2C(N)=O)csc1C. The van der Waals surface area contributed by atoms with Crippen molar-refractivity contribution in [3.05, 3.63) is 73.8 Å². The zero-order valence-corrected chi connectivity index (χ0v) is 16.3. The summed E-state index contributed by atoms with van der Waals surface area (Å²) < 4.78 is 0. The zero-order chi connectivity index (χ0) is 18.7. The Kier molecular flexibility index (Phi) is 5.54. The number of rotatable bonds is 6. The smallest absolute Gasteiger partial charge is 0.257 e. The van der Waals surface area contributed by atoms with E-state index >= 15 is 0 Å². The van der Waals surface area contributed by atoms with Gasteiger partial charge >= 0.3 is 0 Å². The van der Waals surface area contributed by atoms with Crippen molar-refractivity contribution >= 4 is 39.5 Å². The molecular weight excluding hydrogens is 364 g/mol. The molecule has 3 N–H and O–H groups in total. The first-order chi connectivity index (χ1) is 12.5. The van der Waals surface area contributed by atoms with Gasteiger partial charge in [0.05, 0.1) is 11.1 Å². The molecule has 6 heteroatoms. The second-order valence-corrected chi connectivity index (χ2v) is 8.19. The minimum absolute atomic E-state index is 0.193. The lowest BCUT2D eigenvalue weighted by Crippen LogP contribution is -2.17. The molecule has 0 aliphatic heterocycles. The number of benzene rings is 1. The molecule has 3 aromatic rings. The molecule has 0 aliphatic rings. The third-order valence-corrected chi connectivity index (χ3v) is 6.20. The minimum Gasteiger partial charge on any atom is -0.366 e. The van der Waals surface area contributed by atoms with Gasteiger partial charge in [0.15, 0.2) is 0 Å². The monoisotopic (exact) mass is 384 g/mol. The van der Waals surface area contributed by atoms with Gasteiger partial charge in [0.25, 0.3) is 11.8 Å². The minimum atomic E-state index is -0.534. The Balaban J connectivity index is 1.86. The van der Waals surface area contributed by atoms with Crippen LogP contribution in [0.1, 0.15) is 48.5 Å². The number of carbonyl (C=O) groups is 2. The maximum Gasteiger partial charge on any atom is 0.257 e. The van der Waals surface area contributed by atoms with E-state index in [1.807, 2.05) is 49.6 Å². The van der Waals surface area contributed by atoms with Gasteiger partial charge in [-0.2, -0.15) is 0 Å². The molecule has 0 atom stereocenters. The lowest BCUT2D eigenvalue weighted by atomic mass is 10.1. The van der Waals surface area contributed by atoms with Crippen LogP contribution in [0.2, 0.25) is 0 Å². The molecule has 26 heavy (non-hydrogen) atoms. The van der Waals surface area contributed by atoms with Crippen LogP contribution in [-0.2, 0) is 12.8 Å². The number of aryl methyl sites for hydroxylation is 1. The van der Waals surface area contributed by atoms with Gasteiger partial charge in [-0.25, -0.2) is 0 Å². The van der Waals surface area contributed by atoms with Crippen LogP contribution < -0.4 is 11.1 Å². The molecule has 0 aliphatic carbocycles. The normalized spacial score (nSPS) is 10.7. The van der Waals surface area contributed by atoms with Gasteiger partial charge in [-0.05, 0) is 30.5 Å². The third-order valence-electron chi connectivity index (χ3n) is 4.20. The Morgan fingerprint density at radius 2 is 1.88 bits per heavy atom. The van der Waals surface area contributed by atoms with Gasteiger partial charge in [-0.15, -0.1) is 22.7 Å². The number of nitrogens with one attached hydrogen (secondary N) is 1. The predicted octanol–water partition coefficient (Wildman–Crippen LogP) is 4.62. The van der Waals surface area contributed by atoms with Crippen molar-refractivity contribution in [3.63, 3.8) is 0 Å². The van der Waals surface area contributed by atoms with Crippen molar-refractivity contribution in [2.24, 2.45) is 5.73 Å². The van der Waals surface area contributed by atoms with Gasteiger partial charge in [0, 0.05) is 21.6 Å². The molecule has 0 unspecified atom stereocenters. The molecule has 4 nitrogen and oxygen atoms in total. The first-order valence-electron chi connectivity index (χ1n) is 8.34. The molecular formula is C20H20N2O2S2. The van der Waals surface area contributed by atoms with Crippen LogP contribution in [0, 0.1) is 6.92 Å². The largest absolute Gasteiger partial charge is 0.366 e. The van der Waals surface area contributed by atoms with Crippen LogP contribution in [0.4, 0.5) is 5.00 Å². The van der Waals surface area contributed by atoms with Crippen LogP contribution in [0.5, 0.6) is 0 Å². The van der Waals surface area contributed by atoms with Crippen molar-refractivity contribution < 1.29 is 9.59 Å². The summed E-state index contributed by atoms with van der Waals surface area (Å²) in [5.74, 6) is -0.727. The fourth-order valence-corrected chi connectivity index (χ4v) is 4.91. The Labute approximate surface area is 160 Å². The zero-order valence-electron chi connectivity index (χ0n) is 14.7. The molecule has 1 aromatic carbocycles. The highest BCUT2D eigenvalue weighted by atomic mass is 32.1. The number of carbonyl (C=O) groups excluding carboxylic acids is 2. The first-order valence-corrected chi connectivity index (χ1v) is 10.0. The molecule has 0 saturated heterocycles. The predicted molar refractivity (Wildman–Crippen MR) is 108 cm³/mol. The summed E-state index contributed by atoms with van der Waals surface area (Å²) in [6, 6.07) is 11.8. The van der Waals surface area contributed by atoms with Crippen LogP contribution in [0.25, 0.3) is 0 Å². The number of thiophene rings is 2. The molecule has 0 fully saturated rings. The van der Waals surface area contributed by atoms with E-state index < -0.39 is 5.91 Å². The fraction of sp³-hybridized carbons (Fsp3) is 0.200. The molecule has 2 heterocycles. The molecule has 2 amide bonds. The van der Waals surface area contributed by atoms with Gasteiger partial charge in [0.1, 0.15) is 5.00 Å². The third kappa shape index (κ3) is 3.86. The van der Waals surface area contributed by atoms with Crippen molar-refractivity contribution in [2.45, 2.75) is 26.7 Å². The second kappa shape index (κ2) is 7.85. The van der Waals surface area contributed by atoms with Crippen molar-refractivity contribution in [2.75, 3.05) is 5.32 Å². The summed E-state index contributed by atoms with van der Waals surface area (Å²) in [5, 5.41) is 5.27. The summed E-state index contributed by atoms with van der Waals surface area (Å²) in [6.07, 6.45) is 1.49. The standard InChI is InChI=1S/C20H20N2O2S2/c1-3-15-12(2)25-11-17(15)19(24)22-20-16(18(21)23)10-14(26-20)9-13-7-5-4-6-8-13/h4-8,10-11H,3,9H2,1-2H3,(H2,21,23)(H,22,24). The topological polar surface area (TPSA) is 72.2 Å². The molecule has 0 bridgehead atoms. The van der Waals surface area contributed by atoms with Crippen molar-refractivity contribution in [1.82, 2.24) is 0 Å². The number of primary amides is 1. The van der Waals surface area contributed by atoms with Crippen LogP contribution in [0.3, 0.4) is 0 Å². The van der Waals surface area contributed by atoms with Crippen molar-refractivity contribution in [3.8, 4) is 0 Å². The quantitative estimate of drug-likeness (QED) is 0.651. The number of amides is 2. The Bertz CT molecular complexity index is 942. The molecule has 3 rings (SSSR count). The van der Waals surface area contributed by atoms with E-state index in [1.165, 1.54) is 11.3 Å². The Morgan fingerprint density at radius 1 is 1.15 bits per heavy atom. The summed E-state index contributed by atoms with van der Waals surface area (Å²) in [7, 11) is 0. The molecule has 2 aromatic heterocycles. The maximum absolute atomic E-state index is 12.7.